The molecule has 1 atom stereocenters. The van der Waals surface area contributed by atoms with E-state index in [1.807, 2.05) is 19.1 Å². The Morgan fingerprint density at radius 3 is 2.70 bits per heavy atom. The molecule has 0 amide bonds. The topological polar surface area (TPSA) is 21.3 Å². The van der Waals surface area contributed by atoms with Crippen LogP contribution in [0.2, 0.25) is 5.02 Å². The van der Waals surface area contributed by atoms with Crippen molar-refractivity contribution in [2.24, 2.45) is 0 Å². The molecule has 0 saturated carbocycles. The van der Waals surface area contributed by atoms with Crippen molar-refractivity contribution in [3.05, 3.63) is 57.3 Å². The maximum absolute atomic E-state index is 14.0. The van der Waals surface area contributed by atoms with Crippen molar-refractivity contribution in [2.45, 2.75) is 13.0 Å². The molecular formula is C15H14BrClFNO. The van der Waals surface area contributed by atoms with E-state index in [4.69, 9.17) is 16.3 Å². The molecule has 2 aromatic carbocycles. The fraction of sp³-hybridized carbons (Fsp3) is 0.200. The van der Waals surface area contributed by atoms with Crippen LogP contribution in [0.5, 0.6) is 5.75 Å². The Morgan fingerprint density at radius 1 is 1.30 bits per heavy atom. The van der Waals surface area contributed by atoms with E-state index in [9.17, 15) is 4.39 Å². The molecule has 0 bridgehead atoms. The van der Waals surface area contributed by atoms with Gasteiger partial charge in [0.15, 0.2) is 0 Å². The molecule has 0 fully saturated rings. The van der Waals surface area contributed by atoms with Gasteiger partial charge in [0.05, 0.1) is 23.7 Å². The molecule has 0 spiro atoms. The fourth-order valence-corrected chi connectivity index (χ4v) is 2.52. The van der Waals surface area contributed by atoms with Crippen molar-refractivity contribution in [2.75, 3.05) is 12.4 Å². The summed E-state index contributed by atoms with van der Waals surface area (Å²) in [4.78, 5) is 0. The van der Waals surface area contributed by atoms with Gasteiger partial charge in [0.25, 0.3) is 0 Å². The van der Waals surface area contributed by atoms with Gasteiger partial charge in [0.1, 0.15) is 11.6 Å². The summed E-state index contributed by atoms with van der Waals surface area (Å²) in [6.07, 6.45) is 0. The van der Waals surface area contributed by atoms with Crippen LogP contribution in [-0.4, -0.2) is 7.11 Å². The second-order valence-corrected chi connectivity index (χ2v) is 5.61. The Morgan fingerprint density at radius 2 is 2.05 bits per heavy atom. The molecule has 0 aromatic heterocycles. The van der Waals surface area contributed by atoms with Gasteiger partial charge in [-0.15, -0.1) is 0 Å². The Kier molecular flexibility index (Phi) is 4.89. The fourth-order valence-electron chi connectivity index (χ4n) is 2.02. The molecule has 1 N–H and O–H groups in total. The lowest BCUT2D eigenvalue weighted by Crippen LogP contribution is -2.10. The second kappa shape index (κ2) is 6.46. The molecule has 20 heavy (non-hydrogen) atoms. The van der Waals surface area contributed by atoms with E-state index < -0.39 is 0 Å². The highest BCUT2D eigenvalue weighted by Gasteiger charge is 2.16. The maximum atomic E-state index is 14.0. The van der Waals surface area contributed by atoms with Crippen LogP contribution in [0, 0.1) is 5.82 Å². The first-order chi connectivity index (χ1) is 9.52. The first kappa shape index (κ1) is 15.1. The van der Waals surface area contributed by atoms with E-state index in [1.54, 1.807) is 18.2 Å². The predicted octanol–water partition coefficient (Wildman–Crippen LogP) is 5.42. The summed E-state index contributed by atoms with van der Waals surface area (Å²) < 4.78 is 20.0. The number of nitrogens with one attached hydrogen (secondary N) is 1. The van der Waals surface area contributed by atoms with Crippen molar-refractivity contribution in [3.63, 3.8) is 0 Å². The molecule has 0 aliphatic rings. The summed E-state index contributed by atoms with van der Waals surface area (Å²) >= 11 is 9.32. The molecular weight excluding hydrogens is 345 g/mol. The SMILES string of the molecule is COc1cccc(F)c1C(C)Nc1ccc(Cl)c(Br)c1. The molecule has 0 heterocycles. The van der Waals surface area contributed by atoms with Crippen LogP contribution < -0.4 is 10.1 Å². The van der Waals surface area contributed by atoms with Crippen LogP contribution in [-0.2, 0) is 0 Å². The number of ether oxygens (including phenoxy) is 1. The van der Waals surface area contributed by atoms with Crippen LogP contribution in [0.1, 0.15) is 18.5 Å². The van der Waals surface area contributed by atoms with Crippen molar-refractivity contribution >= 4 is 33.2 Å². The minimum Gasteiger partial charge on any atom is -0.496 e. The van der Waals surface area contributed by atoms with Crippen LogP contribution in [0.3, 0.4) is 0 Å². The van der Waals surface area contributed by atoms with Crippen molar-refractivity contribution in [1.29, 1.82) is 0 Å². The van der Waals surface area contributed by atoms with Gasteiger partial charge in [-0.3, -0.25) is 0 Å². The number of methoxy groups -OCH3 is 1. The molecule has 1 unspecified atom stereocenters. The van der Waals surface area contributed by atoms with Gasteiger partial charge in [-0.25, -0.2) is 4.39 Å². The van der Waals surface area contributed by atoms with E-state index >= 15 is 0 Å². The Bertz CT molecular complexity index is 621. The van der Waals surface area contributed by atoms with Gasteiger partial charge in [-0.2, -0.15) is 0 Å². The standard InChI is InChI=1S/C15H14BrClFNO/c1-9(15-13(18)4-3-5-14(15)20-2)19-10-6-7-12(17)11(16)8-10/h3-9,19H,1-2H3. The molecule has 0 saturated heterocycles. The minimum absolute atomic E-state index is 0.237. The van der Waals surface area contributed by atoms with E-state index in [2.05, 4.69) is 21.2 Å². The zero-order valence-electron chi connectivity index (χ0n) is 11.1. The second-order valence-electron chi connectivity index (χ2n) is 4.35. The zero-order valence-corrected chi connectivity index (χ0v) is 13.4. The van der Waals surface area contributed by atoms with Gasteiger partial charge in [0, 0.05) is 10.2 Å². The van der Waals surface area contributed by atoms with Gasteiger partial charge in [0.2, 0.25) is 0 Å². The van der Waals surface area contributed by atoms with Crippen LogP contribution in [0.4, 0.5) is 10.1 Å². The summed E-state index contributed by atoms with van der Waals surface area (Å²) in [6, 6.07) is 10.0. The van der Waals surface area contributed by atoms with Crippen LogP contribution in [0.15, 0.2) is 40.9 Å². The number of anilines is 1. The molecule has 2 nitrogen and oxygen atoms in total. The normalized spacial score (nSPS) is 12.1. The van der Waals surface area contributed by atoms with E-state index in [0.29, 0.717) is 16.3 Å². The number of hydrogen-bond donors (Lipinski definition) is 1. The monoisotopic (exact) mass is 357 g/mol. The smallest absolute Gasteiger partial charge is 0.132 e. The zero-order chi connectivity index (χ0) is 14.7. The third-order valence-corrected chi connectivity index (χ3v) is 4.18. The van der Waals surface area contributed by atoms with Gasteiger partial charge in [-0.05, 0) is 53.2 Å². The number of hydrogen-bond acceptors (Lipinski definition) is 2. The molecule has 2 aromatic rings. The molecule has 5 heteroatoms. The van der Waals surface area contributed by atoms with E-state index in [1.165, 1.54) is 13.2 Å². The largest absolute Gasteiger partial charge is 0.496 e. The van der Waals surface area contributed by atoms with Gasteiger partial charge in [-0.1, -0.05) is 17.7 Å². The average molecular weight is 359 g/mol. The first-order valence-corrected chi connectivity index (χ1v) is 7.24. The highest BCUT2D eigenvalue weighted by Crippen LogP contribution is 2.32. The average Bonchev–Trinajstić information content (AvgIpc) is 2.42. The highest BCUT2D eigenvalue weighted by atomic mass is 79.9. The predicted molar refractivity (Wildman–Crippen MR) is 84.1 cm³/mol. The lowest BCUT2D eigenvalue weighted by Gasteiger charge is -2.19. The summed E-state index contributed by atoms with van der Waals surface area (Å²) in [7, 11) is 1.53. The van der Waals surface area contributed by atoms with Crippen LogP contribution in [0.25, 0.3) is 0 Å². The molecule has 0 aliphatic heterocycles. The highest BCUT2D eigenvalue weighted by molar-refractivity contribution is 9.10. The van der Waals surface area contributed by atoms with E-state index in [0.717, 1.165) is 10.2 Å². The van der Waals surface area contributed by atoms with Crippen molar-refractivity contribution in [1.82, 2.24) is 0 Å². The van der Waals surface area contributed by atoms with Gasteiger partial charge < -0.3 is 10.1 Å². The minimum atomic E-state index is -0.294. The van der Waals surface area contributed by atoms with Crippen molar-refractivity contribution < 1.29 is 9.13 Å². The molecule has 2 rings (SSSR count). The summed E-state index contributed by atoms with van der Waals surface area (Å²) in [6.45, 7) is 1.88. The summed E-state index contributed by atoms with van der Waals surface area (Å²) in [5.74, 6) is 0.232. The summed E-state index contributed by atoms with van der Waals surface area (Å²) in [5.41, 5.74) is 1.35. The molecule has 0 radical (unpaired) electrons. The Hall–Kier alpha value is -1.26. The Balaban J connectivity index is 2.28. The van der Waals surface area contributed by atoms with E-state index in [-0.39, 0.29) is 11.9 Å². The number of benzene rings is 2. The summed E-state index contributed by atoms with van der Waals surface area (Å²) in [5, 5.41) is 3.86. The van der Waals surface area contributed by atoms with Crippen molar-refractivity contribution in [3.8, 4) is 5.75 Å². The van der Waals surface area contributed by atoms with Gasteiger partial charge >= 0.3 is 0 Å². The molecule has 106 valence electrons. The lowest BCUT2D eigenvalue weighted by molar-refractivity contribution is 0.402. The number of rotatable bonds is 4. The quantitative estimate of drug-likeness (QED) is 0.787. The maximum Gasteiger partial charge on any atom is 0.132 e. The Labute approximate surface area is 131 Å². The molecule has 0 aliphatic carbocycles. The lowest BCUT2D eigenvalue weighted by atomic mass is 10.1. The first-order valence-electron chi connectivity index (χ1n) is 6.07. The third kappa shape index (κ3) is 3.25. The third-order valence-electron chi connectivity index (χ3n) is 2.97. The number of halogens is 3. The van der Waals surface area contributed by atoms with Crippen LogP contribution >= 0.6 is 27.5 Å².